The second-order valence-electron chi connectivity index (χ2n) is 5.76. The number of anilines is 1. The molecule has 0 aliphatic rings. The Kier molecular flexibility index (Phi) is 4.06. The van der Waals surface area contributed by atoms with Crippen LogP contribution in [0.4, 0.5) is 5.69 Å². The predicted octanol–water partition coefficient (Wildman–Crippen LogP) is 3.55. The lowest BCUT2D eigenvalue weighted by Crippen LogP contribution is -2.11. The van der Waals surface area contributed by atoms with Crippen molar-refractivity contribution in [1.82, 2.24) is 9.97 Å². The lowest BCUT2D eigenvalue weighted by atomic mass is 9.98. The van der Waals surface area contributed by atoms with Gasteiger partial charge in [-0.3, -0.25) is 4.79 Å². The molecule has 0 saturated carbocycles. The maximum atomic E-state index is 11.6. The largest absolute Gasteiger partial charge is 0.484 e. The van der Waals surface area contributed by atoms with E-state index in [0.29, 0.717) is 23.6 Å². The summed E-state index contributed by atoms with van der Waals surface area (Å²) in [6.07, 6.45) is 3.53. The molecule has 0 bridgehead atoms. The van der Waals surface area contributed by atoms with Gasteiger partial charge in [-0.05, 0) is 35.4 Å². The molecule has 26 heavy (non-hydrogen) atoms. The number of nitrogens with two attached hydrogens (primary N) is 2. The third kappa shape index (κ3) is 2.89. The number of primary amides is 1. The third-order valence-electron chi connectivity index (χ3n) is 4.14. The molecule has 0 aliphatic carbocycles. The van der Waals surface area contributed by atoms with Crippen molar-refractivity contribution in [3.8, 4) is 16.9 Å². The van der Waals surface area contributed by atoms with Gasteiger partial charge in [-0.15, -0.1) is 11.3 Å². The number of benzene rings is 2. The van der Waals surface area contributed by atoms with Gasteiger partial charge in [0.1, 0.15) is 17.4 Å². The maximum Gasteiger partial charge on any atom is 0.250 e. The Balaban J connectivity index is 1.67. The first-order valence-corrected chi connectivity index (χ1v) is 8.82. The summed E-state index contributed by atoms with van der Waals surface area (Å²) < 4.78 is 5.75. The zero-order chi connectivity index (χ0) is 18.1. The minimum atomic E-state index is -0.463. The molecule has 4 aromatic rings. The van der Waals surface area contributed by atoms with Gasteiger partial charge >= 0.3 is 0 Å². The van der Waals surface area contributed by atoms with Gasteiger partial charge in [0, 0.05) is 23.2 Å². The van der Waals surface area contributed by atoms with Crippen molar-refractivity contribution in [2.75, 3.05) is 5.73 Å². The van der Waals surface area contributed by atoms with Crippen LogP contribution in [-0.4, -0.2) is 15.9 Å². The molecule has 0 radical (unpaired) electrons. The van der Waals surface area contributed by atoms with E-state index in [1.165, 1.54) is 11.3 Å². The molecule has 2 aromatic heterocycles. The predicted molar refractivity (Wildman–Crippen MR) is 103 cm³/mol. The monoisotopic (exact) mass is 364 g/mol. The van der Waals surface area contributed by atoms with Crippen LogP contribution in [-0.2, 0) is 6.61 Å². The summed E-state index contributed by atoms with van der Waals surface area (Å²) in [5.74, 6) is 0.150. The van der Waals surface area contributed by atoms with Crippen LogP contribution in [0.25, 0.3) is 22.0 Å². The Hall–Kier alpha value is -3.32. The summed E-state index contributed by atoms with van der Waals surface area (Å²) in [6, 6.07) is 11.2. The van der Waals surface area contributed by atoms with E-state index in [-0.39, 0.29) is 0 Å². The number of hydrogen-bond acceptors (Lipinski definition) is 5. The van der Waals surface area contributed by atoms with Gasteiger partial charge < -0.3 is 21.2 Å². The van der Waals surface area contributed by atoms with Crippen LogP contribution < -0.4 is 16.2 Å². The first-order chi connectivity index (χ1) is 12.6. The highest BCUT2D eigenvalue weighted by Gasteiger charge is 2.13. The second-order valence-corrected chi connectivity index (χ2v) is 6.74. The van der Waals surface area contributed by atoms with Crippen LogP contribution in [0.2, 0.25) is 0 Å². The van der Waals surface area contributed by atoms with Crippen molar-refractivity contribution in [1.29, 1.82) is 0 Å². The van der Waals surface area contributed by atoms with E-state index in [0.717, 1.165) is 27.0 Å². The van der Waals surface area contributed by atoms with Crippen LogP contribution in [0.1, 0.15) is 15.4 Å². The van der Waals surface area contributed by atoms with Gasteiger partial charge in [0.15, 0.2) is 0 Å². The van der Waals surface area contributed by atoms with Crippen LogP contribution in [0, 0.1) is 0 Å². The molecule has 0 fully saturated rings. The smallest absolute Gasteiger partial charge is 0.250 e. The first-order valence-electron chi connectivity index (χ1n) is 7.94. The SMILES string of the molecule is NC(=O)c1ccc(-c2ccc(OCc3nccs3)c(N)c2)c2cc[nH]c12. The fraction of sp³-hybridized carbons (Fsp3) is 0.0526. The summed E-state index contributed by atoms with van der Waals surface area (Å²) in [4.78, 5) is 18.9. The van der Waals surface area contributed by atoms with Crippen LogP contribution >= 0.6 is 11.3 Å². The molecule has 130 valence electrons. The minimum Gasteiger partial charge on any atom is -0.484 e. The summed E-state index contributed by atoms with van der Waals surface area (Å²) in [7, 11) is 0. The lowest BCUT2D eigenvalue weighted by molar-refractivity contribution is 0.100. The Bertz CT molecular complexity index is 1090. The standard InChI is InChI=1S/C19H16N4O2S/c20-15-9-11(1-4-16(15)25-10-17-22-7-8-26-17)12-2-3-14(19(21)24)18-13(12)5-6-23-18/h1-9,23H,10,20H2,(H2,21,24). The van der Waals surface area contributed by atoms with E-state index in [9.17, 15) is 4.79 Å². The zero-order valence-electron chi connectivity index (χ0n) is 13.7. The molecular weight excluding hydrogens is 348 g/mol. The molecule has 7 heteroatoms. The van der Waals surface area contributed by atoms with Crippen molar-refractivity contribution in [2.45, 2.75) is 6.61 Å². The fourth-order valence-electron chi connectivity index (χ4n) is 2.92. The normalized spacial score (nSPS) is 10.9. The number of nitrogens with zero attached hydrogens (tertiary/aromatic N) is 1. The highest BCUT2D eigenvalue weighted by molar-refractivity contribution is 7.09. The molecule has 0 aliphatic heterocycles. The van der Waals surface area contributed by atoms with Crippen molar-refractivity contribution < 1.29 is 9.53 Å². The number of amides is 1. The molecule has 4 rings (SSSR count). The number of rotatable bonds is 5. The minimum absolute atomic E-state index is 0.385. The first kappa shape index (κ1) is 16.2. The number of thiazole rings is 1. The van der Waals surface area contributed by atoms with E-state index in [1.807, 2.05) is 35.7 Å². The number of hydrogen-bond donors (Lipinski definition) is 3. The number of aromatic nitrogens is 2. The van der Waals surface area contributed by atoms with E-state index >= 15 is 0 Å². The number of ether oxygens (including phenoxy) is 1. The number of nitrogens with one attached hydrogen (secondary N) is 1. The molecule has 2 heterocycles. The molecule has 2 aromatic carbocycles. The average Bonchev–Trinajstić information content (AvgIpc) is 3.31. The zero-order valence-corrected chi connectivity index (χ0v) is 14.5. The lowest BCUT2D eigenvalue weighted by Gasteiger charge is -2.11. The third-order valence-corrected chi connectivity index (χ3v) is 4.90. The van der Waals surface area contributed by atoms with Crippen LogP contribution in [0.15, 0.2) is 54.2 Å². The number of carbonyl (C=O) groups excluding carboxylic acids is 1. The fourth-order valence-corrected chi connectivity index (χ4v) is 3.45. The average molecular weight is 364 g/mol. The van der Waals surface area contributed by atoms with Crippen molar-refractivity contribution in [2.24, 2.45) is 5.73 Å². The van der Waals surface area contributed by atoms with Crippen molar-refractivity contribution in [3.05, 3.63) is 64.7 Å². The van der Waals surface area contributed by atoms with Gasteiger partial charge in [0.05, 0.1) is 16.8 Å². The highest BCUT2D eigenvalue weighted by atomic mass is 32.1. The van der Waals surface area contributed by atoms with Crippen molar-refractivity contribution >= 4 is 33.8 Å². The molecule has 0 spiro atoms. The van der Waals surface area contributed by atoms with Crippen LogP contribution in [0.5, 0.6) is 5.75 Å². The molecule has 0 atom stereocenters. The second kappa shape index (κ2) is 6.53. The number of carbonyl (C=O) groups is 1. The molecular formula is C19H16N4O2S. The van der Waals surface area contributed by atoms with E-state index in [4.69, 9.17) is 16.2 Å². The Morgan fingerprint density at radius 1 is 1.23 bits per heavy atom. The molecule has 5 N–H and O–H groups in total. The van der Waals surface area contributed by atoms with Gasteiger partial charge in [-0.1, -0.05) is 12.1 Å². The Morgan fingerprint density at radius 2 is 2.12 bits per heavy atom. The molecule has 0 unspecified atom stereocenters. The van der Waals surface area contributed by atoms with Gasteiger partial charge in [0.25, 0.3) is 5.91 Å². The van der Waals surface area contributed by atoms with E-state index < -0.39 is 5.91 Å². The molecule has 6 nitrogen and oxygen atoms in total. The Labute approximate surface area is 153 Å². The van der Waals surface area contributed by atoms with Gasteiger partial charge in [-0.25, -0.2) is 4.98 Å². The van der Waals surface area contributed by atoms with Crippen LogP contribution in [0.3, 0.4) is 0 Å². The summed E-state index contributed by atoms with van der Waals surface area (Å²) in [6.45, 7) is 0.385. The number of aromatic amines is 1. The number of fused-ring (bicyclic) bond motifs is 1. The quantitative estimate of drug-likeness (QED) is 0.471. The molecule has 1 amide bonds. The van der Waals surface area contributed by atoms with E-state index in [1.54, 1.807) is 18.5 Å². The number of nitrogen functional groups attached to an aromatic ring is 1. The Morgan fingerprint density at radius 3 is 2.85 bits per heavy atom. The van der Waals surface area contributed by atoms with Gasteiger partial charge in [0.2, 0.25) is 0 Å². The summed E-state index contributed by atoms with van der Waals surface area (Å²) in [5.41, 5.74) is 15.2. The van der Waals surface area contributed by atoms with E-state index in [2.05, 4.69) is 9.97 Å². The van der Waals surface area contributed by atoms with Crippen molar-refractivity contribution in [3.63, 3.8) is 0 Å². The topological polar surface area (TPSA) is 107 Å². The summed E-state index contributed by atoms with van der Waals surface area (Å²) >= 11 is 1.54. The summed E-state index contributed by atoms with van der Waals surface area (Å²) in [5, 5.41) is 3.71. The highest BCUT2D eigenvalue weighted by Crippen LogP contribution is 2.34. The number of H-pyrrole nitrogens is 1. The maximum absolute atomic E-state index is 11.6. The molecule has 0 saturated heterocycles. The van der Waals surface area contributed by atoms with Gasteiger partial charge in [-0.2, -0.15) is 0 Å².